The van der Waals surface area contributed by atoms with Crippen LogP contribution in [0.2, 0.25) is 0 Å². The maximum Gasteiger partial charge on any atom is 0.194 e. The lowest BCUT2D eigenvalue weighted by atomic mass is 10.0. The highest BCUT2D eigenvalue weighted by molar-refractivity contribution is 7.19. The molecular weight excluding hydrogens is 1080 g/mol. The molecule has 8 aromatic carbocycles. The smallest absolute Gasteiger partial charge is 0.194 e. The van der Waals surface area contributed by atoms with Gasteiger partial charge in [0.2, 0.25) is 0 Å². The van der Waals surface area contributed by atoms with Gasteiger partial charge in [-0.2, -0.15) is 0 Å². The Morgan fingerprint density at radius 3 is 0.767 bits per heavy atom. The standard InChI is InChI=1S/C81H86N2OS2/c1-5-9-13-17-21-59-25-39-67(40-26-59)82(68-41-27-60(28-42-68)22-18-14-10-6-2)71-47-33-63(34-48-71)77-53-55-79(85-77)65-37-51-73-74-52-38-66(58-76(74)81(84)75(73)57-65)80-56-54-78(86-80)64-35-49-72(50-36-64)83(69-43-29-61(30-44-69)23-19-15-11-7-3)70-45-31-62(32-46-70)24-20-16-12-8-4/h25-58H,5-24H2,1-4H3. The fourth-order valence-electron chi connectivity index (χ4n) is 12.4. The number of carbonyl (C=O) groups is 1. The molecule has 0 N–H and O–H groups in total. The molecule has 1 aliphatic rings. The van der Waals surface area contributed by atoms with Crippen LogP contribution in [0.15, 0.2) is 206 Å². The first-order chi connectivity index (χ1) is 42.4. The lowest BCUT2D eigenvalue weighted by Gasteiger charge is -2.26. The summed E-state index contributed by atoms with van der Waals surface area (Å²) in [7, 11) is 0. The Bertz CT molecular complexity index is 3400. The molecule has 2 heterocycles. The highest BCUT2D eigenvalue weighted by Crippen LogP contribution is 2.45. The van der Waals surface area contributed by atoms with Crippen LogP contribution >= 0.6 is 22.7 Å². The first-order valence-corrected chi connectivity index (χ1v) is 34.2. The summed E-state index contributed by atoms with van der Waals surface area (Å²) in [6, 6.07) is 76.8. The zero-order valence-corrected chi connectivity index (χ0v) is 53.0. The minimum Gasteiger partial charge on any atom is -0.311 e. The lowest BCUT2D eigenvalue weighted by molar-refractivity contribution is 0.104. The SMILES string of the molecule is CCCCCCc1ccc(N(c2ccc(CCCCCC)cc2)c2ccc(-c3ccc(-c4ccc5c(c4)C(=O)c4cc(-c6ccc(-c7ccc(N(c8ccc(CCCCCC)cc8)c8ccc(CCCCCC)cc8)cc7)s6)ccc4-5)s3)cc2)cc1. The van der Waals surface area contributed by atoms with E-state index >= 15 is 0 Å². The highest BCUT2D eigenvalue weighted by Gasteiger charge is 2.28. The fourth-order valence-corrected chi connectivity index (χ4v) is 14.4. The predicted molar refractivity (Wildman–Crippen MR) is 374 cm³/mol. The molecule has 0 saturated carbocycles. The maximum absolute atomic E-state index is 14.4. The van der Waals surface area contributed by atoms with Crippen molar-refractivity contribution in [3.63, 3.8) is 0 Å². The van der Waals surface area contributed by atoms with Gasteiger partial charge in [0.15, 0.2) is 5.78 Å². The summed E-state index contributed by atoms with van der Waals surface area (Å²) in [5, 5.41) is 0. The monoisotopic (exact) mass is 1170 g/mol. The molecule has 0 unspecified atom stereocenters. The van der Waals surface area contributed by atoms with Crippen molar-refractivity contribution in [3.8, 4) is 52.9 Å². The summed E-state index contributed by atoms with van der Waals surface area (Å²) in [5.74, 6) is 0.0963. The Morgan fingerprint density at radius 2 is 0.500 bits per heavy atom. The second-order valence-corrected chi connectivity index (χ2v) is 26.0. The fraction of sp³-hybridized carbons (Fsp3) is 0.296. The molecule has 0 saturated heterocycles. The quantitative estimate of drug-likeness (QED) is 0.0419. The number of anilines is 6. The summed E-state index contributed by atoms with van der Waals surface area (Å²) in [4.78, 5) is 23.9. The van der Waals surface area contributed by atoms with Crippen molar-refractivity contribution in [2.45, 2.75) is 156 Å². The number of ketones is 1. The minimum absolute atomic E-state index is 0.0963. The van der Waals surface area contributed by atoms with Crippen LogP contribution in [-0.2, 0) is 25.7 Å². The number of fused-ring (bicyclic) bond motifs is 3. The van der Waals surface area contributed by atoms with Gasteiger partial charge < -0.3 is 9.80 Å². The molecule has 0 radical (unpaired) electrons. The van der Waals surface area contributed by atoms with E-state index in [1.807, 2.05) is 0 Å². The van der Waals surface area contributed by atoms with Gasteiger partial charge in [0.25, 0.3) is 0 Å². The van der Waals surface area contributed by atoms with Crippen LogP contribution in [0.1, 0.15) is 169 Å². The van der Waals surface area contributed by atoms with Crippen LogP contribution in [0.3, 0.4) is 0 Å². The van der Waals surface area contributed by atoms with E-state index in [0.717, 1.165) is 80.2 Å². The lowest BCUT2D eigenvalue weighted by Crippen LogP contribution is -2.10. The first-order valence-electron chi connectivity index (χ1n) is 32.6. The summed E-state index contributed by atoms with van der Waals surface area (Å²) < 4.78 is 0. The Kier molecular flexibility index (Phi) is 20.8. The Morgan fingerprint density at radius 1 is 0.256 bits per heavy atom. The third kappa shape index (κ3) is 14.6. The second kappa shape index (κ2) is 29.7. The molecule has 438 valence electrons. The van der Waals surface area contributed by atoms with E-state index in [0.29, 0.717) is 0 Å². The molecule has 0 aliphatic heterocycles. The largest absolute Gasteiger partial charge is 0.311 e. The molecule has 0 bridgehead atoms. The summed E-state index contributed by atoms with van der Waals surface area (Å²) in [5.41, 5.74) is 20.7. The molecule has 10 aromatic rings. The van der Waals surface area contributed by atoms with E-state index < -0.39 is 0 Å². The molecule has 0 atom stereocenters. The van der Waals surface area contributed by atoms with Gasteiger partial charge in [-0.15, -0.1) is 22.7 Å². The molecule has 86 heavy (non-hydrogen) atoms. The van der Waals surface area contributed by atoms with Crippen LogP contribution < -0.4 is 9.80 Å². The number of rotatable bonds is 30. The number of carbonyl (C=O) groups excluding carboxylic acids is 1. The minimum atomic E-state index is 0.0963. The van der Waals surface area contributed by atoms with Gasteiger partial charge in [-0.3, -0.25) is 4.79 Å². The number of hydrogen-bond donors (Lipinski definition) is 0. The van der Waals surface area contributed by atoms with Crippen molar-refractivity contribution in [1.82, 2.24) is 0 Å². The number of thiophene rings is 2. The normalized spacial score (nSPS) is 11.7. The molecule has 1 aliphatic carbocycles. The molecule has 0 spiro atoms. The maximum atomic E-state index is 14.4. The predicted octanol–water partition coefficient (Wildman–Crippen LogP) is 25.1. The number of nitrogens with zero attached hydrogens (tertiary/aromatic N) is 2. The summed E-state index contributed by atoms with van der Waals surface area (Å²) in [6.45, 7) is 9.10. The number of benzene rings is 8. The molecule has 2 aromatic heterocycles. The number of unbranched alkanes of at least 4 members (excludes halogenated alkanes) is 12. The van der Waals surface area contributed by atoms with Gasteiger partial charge in [-0.1, -0.05) is 202 Å². The van der Waals surface area contributed by atoms with E-state index in [4.69, 9.17) is 0 Å². The summed E-state index contributed by atoms with van der Waals surface area (Å²) in [6.07, 6.45) is 24.9. The van der Waals surface area contributed by atoms with Gasteiger partial charge in [0.05, 0.1) is 0 Å². The molecule has 3 nitrogen and oxygen atoms in total. The average Bonchev–Trinajstić information content (AvgIpc) is 2.13. The van der Waals surface area contributed by atoms with Gasteiger partial charge in [0, 0.05) is 64.8 Å². The molecular formula is C81H86N2OS2. The van der Waals surface area contributed by atoms with E-state index in [-0.39, 0.29) is 5.78 Å². The van der Waals surface area contributed by atoms with E-state index in [1.165, 1.54) is 169 Å². The van der Waals surface area contributed by atoms with E-state index in [9.17, 15) is 4.79 Å². The average molecular weight is 1170 g/mol. The number of aryl methyl sites for hydroxylation is 4. The summed E-state index contributed by atoms with van der Waals surface area (Å²) >= 11 is 3.56. The third-order valence-corrected chi connectivity index (χ3v) is 19.8. The Balaban J connectivity index is 0.773. The van der Waals surface area contributed by atoms with Gasteiger partial charge in [0.1, 0.15) is 0 Å². The van der Waals surface area contributed by atoms with Crippen LogP contribution in [-0.4, -0.2) is 5.78 Å². The highest BCUT2D eigenvalue weighted by atomic mass is 32.1. The van der Waals surface area contributed by atoms with Crippen molar-refractivity contribution in [2.24, 2.45) is 0 Å². The number of hydrogen-bond acceptors (Lipinski definition) is 5. The molecule has 0 fully saturated rings. The van der Waals surface area contributed by atoms with Gasteiger partial charge in [-0.05, 0) is 216 Å². The van der Waals surface area contributed by atoms with Crippen molar-refractivity contribution in [3.05, 3.63) is 240 Å². The van der Waals surface area contributed by atoms with Crippen molar-refractivity contribution >= 4 is 62.6 Å². The van der Waals surface area contributed by atoms with Gasteiger partial charge >= 0.3 is 0 Å². The van der Waals surface area contributed by atoms with Crippen LogP contribution in [0, 0.1) is 0 Å². The van der Waals surface area contributed by atoms with Crippen molar-refractivity contribution < 1.29 is 4.79 Å². The zero-order valence-electron chi connectivity index (χ0n) is 51.4. The van der Waals surface area contributed by atoms with Crippen molar-refractivity contribution in [2.75, 3.05) is 9.80 Å². The second-order valence-electron chi connectivity index (χ2n) is 23.9. The van der Waals surface area contributed by atoms with E-state index in [1.54, 1.807) is 22.7 Å². The van der Waals surface area contributed by atoms with Crippen LogP contribution in [0.5, 0.6) is 0 Å². The Hall–Kier alpha value is -7.57. The zero-order chi connectivity index (χ0) is 59.0. The molecule has 5 heteroatoms. The first kappa shape index (κ1) is 60.1. The van der Waals surface area contributed by atoms with Crippen LogP contribution in [0.4, 0.5) is 34.1 Å². The van der Waals surface area contributed by atoms with Gasteiger partial charge in [-0.25, -0.2) is 0 Å². The molecule has 11 rings (SSSR count). The Labute approximate surface area is 522 Å². The van der Waals surface area contributed by atoms with E-state index in [2.05, 4.69) is 244 Å². The molecule has 0 amide bonds. The third-order valence-electron chi connectivity index (χ3n) is 17.5. The van der Waals surface area contributed by atoms with Crippen LogP contribution in [0.25, 0.3) is 52.9 Å². The topological polar surface area (TPSA) is 23.6 Å². The van der Waals surface area contributed by atoms with Crippen molar-refractivity contribution in [1.29, 1.82) is 0 Å².